The average Bonchev–Trinajstić information content (AvgIpc) is 3.54. The number of pyridine rings is 1. The number of H-pyrrole nitrogens is 1. The molecule has 1 saturated heterocycles. The van der Waals surface area contributed by atoms with Crippen molar-refractivity contribution in [1.29, 1.82) is 0 Å². The summed E-state index contributed by atoms with van der Waals surface area (Å²) in [5.41, 5.74) is 3.46. The minimum absolute atomic E-state index is 0.366. The normalized spacial score (nSPS) is 18.7. The number of carbonyl (C=O) groups is 2. The number of amides is 1. The number of fused-ring (bicyclic) bond motifs is 2. The first-order valence-corrected chi connectivity index (χ1v) is 12.5. The van der Waals surface area contributed by atoms with Crippen LogP contribution in [-0.4, -0.2) is 69.3 Å². The summed E-state index contributed by atoms with van der Waals surface area (Å²) >= 11 is 0. The highest BCUT2D eigenvalue weighted by molar-refractivity contribution is 6.06. The Labute approximate surface area is 204 Å². The van der Waals surface area contributed by atoms with E-state index in [1.807, 2.05) is 6.07 Å². The monoisotopic (exact) mass is 476 g/mol. The number of hydrogen-bond acceptors (Lipinski definition) is 6. The van der Waals surface area contributed by atoms with E-state index in [1.54, 1.807) is 18.3 Å². The number of carboxylic acid groups (broad SMARTS) is 1. The molecule has 9 nitrogen and oxygen atoms in total. The van der Waals surface area contributed by atoms with Gasteiger partial charge in [-0.05, 0) is 68.7 Å². The lowest BCUT2D eigenvalue weighted by Crippen LogP contribution is -2.43. The Bertz CT molecular complexity index is 1210. The summed E-state index contributed by atoms with van der Waals surface area (Å²) in [4.78, 5) is 31.7. The van der Waals surface area contributed by atoms with Crippen molar-refractivity contribution in [2.75, 3.05) is 31.5 Å². The molecule has 2 unspecified atom stereocenters. The van der Waals surface area contributed by atoms with Crippen LogP contribution in [0, 0.1) is 5.92 Å². The zero-order chi connectivity index (χ0) is 24.2. The standard InChI is InChI=1S/C26H32N6O3/c33-25(21-5-1-3-19-15-28-31-23(19)21)30-22(26(34)35)11-14-32-13-10-17(16-32)6-8-20-9-7-18-4-2-12-27-24(18)29-20/h1,3,5,7,9,15,17,22H,2,4,6,8,10-14,16H2,(H,27,29)(H,28,31)(H,30,33)(H,34,35). The van der Waals surface area contributed by atoms with E-state index in [2.05, 4.69) is 37.9 Å². The van der Waals surface area contributed by atoms with Crippen molar-refractivity contribution in [2.24, 2.45) is 5.92 Å². The Morgan fingerprint density at radius 1 is 1.26 bits per heavy atom. The number of likely N-dealkylation sites (tertiary alicyclic amines) is 1. The summed E-state index contributed by atoms with van der Waals surface area (Å²) < 4.78 is 0. The number of benzene rings is 1. The second-order valence-corrected chi connectivity index (χ2v) is 9.63. The molecule has 0 bridgehead atoms. The summed E-state index contributed by atoms with van der Waals surface area (Å²) in [5, 5.41) is 23.4. The molecule has 0 aliphatic carbocycles. The highest BCUT2D eigenvalue weighted by atomic mass is 16.4. The number of hydrogen-bond donors (Lipinski definition) is 4. The van der Waals surface area contributed by atoms with E-state index in [-0.39, 0.29) is 0 Å². The van der Waals surface area contributed by atoms with Gasteiger partial charge < -0.3 is 20.6 Å². The molecule has 5 rings (SSSR count). The van der Waals surface area contributed by atoms with Gasteiger partial charge in [0, 0.05) is 30.7 Å². The number of nitrogens with zero attached hydrogens (tertiary/aromatic N) is 3. The first-order valence-electron chi connectivity index (χ1n) is 12.5. The first kappa shape index (κ1) is 23.3. The summed E-state index contributed by atoms with van der Waals surface area (Å²) in [6.45, 7) is 3.55. The molecule has 0 spiro atoms. The fourth-order valence-electron chi connectivity index (χ4n) is 5.17. The van der Waals surface area contributed by atoms with Gasteiger partial charge in [0.1, 0.15) is 11.9 Å². The van der Waals surface area contributed by atoms with Crippen LogP contribution in [0.1, 0.15) is 47.3 Å². The molecule has 2 aliphatic heterocycles. The third-order valence-electron chi connectivity index (χ3n) is 7.19. The molecular formula is C26H32N6O3. The fourth-order valence-corrected chi connectivity index (χ4v) is 5.17. The van der Waals surface area contributed by atoms with Crippen molar-refractivity contribution in [1.82, 2.24) is 25.4 Å². The van der Waals surface area contributed by atoms with Gasteiger partial charge in [0.05, 0.1) is 17.3 Å². The quantitative estimate of drug-likeness (QED) is 0.374. The zero-order valence-corrected chi connectivity index (χ0v) is 19.8. The number of rotatable bonds is 9. The van der Waals surface area contributed by atoms with Gasteiger partial charge in [0.2, 0.25) is 0 Å². The Balaban J connectivity index is 1.10. The third kappa shape index (κ3) is 5.45. The summed E-state index contributed by atoms with van der Waals surface area (Å²) in [6.07, 6.45) is 7.42. The van der Waals surface area contributed by atoms with Crippen LogP contribution in [0.15, 0.2) is 36.5 Å². The van der Waals surface area contributed by atoms with Crippen LogP contribution >= 0.6 is 0 Å². The van der Waals surface area contributed by atoms with E-state index in [9.17, 15) is 14.7 Å². The van der Waals surface area contributed by atoms with Crippen LogP contribution in [0.2, 0.25) is 0 Å². The number of nitrogens with one attached hydrogen (secondary N) is 3. The topological polar surface area (TPSA) is 123 Å². The maximum atomic E-state index is 12.8. The molecule has 1 aromatic carbocycles. The number of aliphatic carboxylic acids is 1. The van der Waals surface area contributed by atoms with E-state index in [4.69, 9.17) is 4.98 Å². The van der Waals surface area contributed by atoms with Gasteiger partial charge in [-0.3, -0.25) is 9.89 Å². The molecule has 0 saturated carbocycles. The molecule has 2 atom stereocenters. The number of carboxylic acids is 1. The Hall–Kier alpha value is -3.46. The van der Waals surface area contributed by atoms with Gasteiger partial charge in [-0.15, -0.1) is 0 Å². The largest absolute Gasteiger partial charge is 0.480 e. The fraction of sp³-hybridized carbons (Fsp3) is 0.462. The van der Waals surface area contributed by atoms with Gasteiger partial charge >= 0.3 is 5.97 Å². The number of aromatic nitrogens is 3. The molecule has 2 aromatic heterocycles. The predicted octanol–water partition coefficient (Wildman–Crippen LogP) is 2.84. The van der Waals surface area contributed by atoms with Crippen molar-refractivity contribution in [3.8, 4) is 0 Å². The van der Waals surface area contributed by atoms with E-state index >= 15 is 0 Å². The predicted molar refractivity (Wildman–Crippen MR) is 134 cm³/mol. The van der Waals surface area contributed by atoms with E-state index < -0.39 is 17.9 Å². The number of para-hydroxylation sites is 1. The summed E-state index contributed by atoms with van der Waals surface area (Å²) in [5.74, 6) is 0.209. The van der Waals surface area contributed by atoms with Crippen LogP contribution in [-0.2, 0) is 17.6 Å². The molecule has 3 aromatic rings. The molecule has 4 N–H and O–H groups in total. The molecule has 0 radical (unpaired) electrons. The maximum Gasteiger partial charge on any atom is 0.326 e. The smallest absolute Gasteiger partial charge is 0.326 e. The second-order valence-electron chi connectivity index (χ2n) is 9.63. The van der Waals surface area contributed by atoms with Crippen LogP contribution in [0.3, 0.4) is 0 Å². The molecule has 35 heavy (non-hydrogen) atoms. The minimum Gasteiger partial charge on any atom is -0.480 e. The van der Waals surface area contributed by atoms with Crippen molar-refractivity contribution in [2.45, 2.75) is 44.6 Å². The van der Waals surface area contributed by atoms with Crippen LogP contribution in [0.4, 0.5) is 5.82 Å². The lowest BCUT2D eigenvalue weighted by Gasteiger charge is -2.20. The number of anilines is 1. The highest BCUT2D eigenvalue weighted by Crippen LogP contribution is 2.24. The summed E-state index contributed by atoms with van der Waals surface area (Å²) in [7, 11) is 0. The Morgan fingerprint density at radius 3 is 3.06 bits per heavy atom. The van der Waals surface area contributed by atoms with E-state index in [1.165, 1.54) is 12.0 Å². The molecule has 2 aliphatic rings. The third-order valence-corrected chi connectivity index (χ3v) is 7.19. The summed E-state index contributed by atoms with van der Waals surface area (Å²) in [6, 6.07) is 8.72. The van der Waals surface area contributed by atoms with Crippen molar-refractivity contribution >= 4 is 28.6 Å². The van der Waals surface area contributed by atoms with Crippen LogP contribution < -0.4 is 10.6 Å². The van der Waals surface area contributed by atoms with Crippen molar-refractivity contribution < 1.29 is 14.7 Å². The Kier molecular flexibility index (Phi) is 6.94. The molecule has 9 heteroatoms. The van der Waals surface area contributed by atoms with Crippen LogP contribution in [0.5, 0.6) is 0 Å². The number of carbonyl (C=O) groups excluding carboxylic acids is 1. The molecule has 4 heterocycles. The lowest BCUT2D eigenvalue weighted by atomic mass is 10.00. The molecule has 184 valence electrons. The second kappa shape index (κ2) is 10.4. The van der Waals surface area contributed by atoms with Gasteiger partial charge in [-0.25, -0.2) is 9.78 Å². The molecule has 1 amide bonds. The maximum absolute atomic E-state index is 12.8. The zero-order valence-electron chi connectivity index (χ0n) is 19.8. The van der Waals surface area contributed by atoms with Gasteiger partial charge in [0.15, 0.2) is 0 Å². The van der Waals surface area contributed by atoms with E-state index in [0.29, 0.717) is 30.0 Å². The van der Waals surface area contributed by atoms with Crippen molar-refractivity contribution in [3.63, 3.8) is 0 Å². The average molecular weight is 477 g/mol. The number of aryl methyl sites for hydroxylation is 2. The van der Waals surface area contributed by atoms with E-state index in [0.717, 1.165) is 62.2 Å². The Morgan fingerprint density at radius 2 is 2.17 bits per heavy atom. The SMILES string of the molecule is O=C(NC(CCN1CCC(CCc2ccc3c(n2)NCCC3)C1)C(=O)O)c1cccc2cn[nH]c12. The molecular weight excluding hydrogens is 444 g/mol. The highest BCUT2D eigenvalue weighted by Gasteiger charge is 2.26. The first-order chi connectivity index (χ1) is 17.1. The van der Waals surface area contributed by atoms with Crippen LogP contribution in [0.25, 0.3) is 10.9 Å². The minimum atomic E-state index is -1.02. The molecule has 1 fully saturated rings. The number of aromatic amines is 1. The van der Waals surface area contributed by atoms with Gasteiger partial charge in [-0.1, -0.05) is 18.2 Å². The van der Waals surface area contributed by atoms with Gasteiger partial charge in [-0.2, -0.15) is 5.10 Å². The van der Waals surface area contributed by atoms with Crippen molar-refractivity contribution in [3.05, 3.63) is 53.3 Å². The lowest BCUT2D eigenvalue weighted by molar-refractivity contribution is -0.139. The van der Waals surface area contributed by atoms with Gasteiger partial charge in [0.25, 0.3) is 5.91 Å².